The number of hydrogen-bond donors (Lipinski definition) is 2. The quantitative estimate of drug-likeness (QED) is 0.164. The van der Waals surface area contributed by atoms with Crippen LogP contribution in [0.2, 0.25) is 0 Å². The van der Waals surface area contributed by atoms with E-state index in [9.17, 15) is 5.26 Å². The van der Waals surface area contributed by atoms with Crippen LogP contribution < -0.4 is 0 Å². The molecule has 0 fully saturated rings. The van der Waals surface area contributed by atoms with Crippen LogP contribution in [0, 0.1) is 11.3 Å². The Bertz CT molecular complexity index is 2730. The molecule has 0 radical (unpaired) electrons. The van der Waals surface area contributed by atoms with Crippen molar-refractivity contribution in [1.29, 1.82) is 5.26 Å². The summed E-state index contributed by atoms with van der Waals surface area (Å²) in [5.41, 5.74) is 16.9. The van der Waals surface area contributed by atoms with E-state index in [1.165, 1.54) is 0 Å². The minimum absolute atomic E-state index is 0.480. The summed E-state index contributed by atoms with van der Waals surface area (Å²) in [7, 11) is 0. The van der Waals surface area contributed by atoms with Crippen molar-refractivity contribution in [1.82, 2.24) is 19.9 Å². The molecule has 252 valence electrons. The fourth-order valence-electron chi connectivity index (χ4n) is 7.54. The molecule has 7 aromatic rings. The first-order valence-corrected chi connectivity index (χ1v) is 18.0. The van der Waals surface area contributed by atoms with E-state index in [4.69, 9.17) is 9.97 Å². The van der Waals surface area contributed by atoms with Crippen LogP contribution in [0.3, 0.4) is 0 Å². The van der Waals surface area contributed by atoms with Gasteiger partial charge in [-0.25, -0.2) is 9.97 Å². The molecule has 5 heteroatoms. The summed E-state index contributed by atoms with van der Waals surface area (Å²) in [6, 6.07) is 50.8. The minimum Gasteiger partial charge on any atom is -0.354 e. The molecule has 2 N–H and O–H groups in total. The molecule has 0 saturated carbocycles. The smallest absolute Gasteiger partial charge is 0.0737 e. The molecule has 3 aromatic heterocycles. The van der Waals surface area contributed by atoms with Gasteiger partial charge < -0.3 is 9.97 Å². The molecule has 2 aliphatic heterocycles. The summed E-state index contributed by atoms with van der Waals surface area (Å²) in [6.45, 7) is 0. The van der Waals surface area contributed by atoms with Gasteiger partial charge in [-0.2, -0.15) is 5.26 Å². The van der Waals surface area contributed by atoms with Crippen molar-refractivity contribution in [2.24, 2.45) is 0 Å². The highest BCUT2D eigenvalue weighted by Crippen LogP contribution is 2.39. The average Bonchev–Trinajstić information content (AvgIpc) is 4.04. The van der Waals surface area contributed by atoms with E-state index in [2.05, 4.69) is 156 Å². The summed E-state index contributed by atoms with van der Waals surface area (Å²) in [6.07, 6.45) is 10.5. The highest BCUT2D eigenvalue weighted by Gasteiger charge is 2.20. The Balaban J connectivity index is 1.50. The third-order valence-electron chi connectivity index (χ3n) is 9.93. The summed E-state index contributed by atoms with van der Waals surface area (Å²) in [5, 5.41) is 9.52. The lowest BCUT2D eigenvalue weighted by Crippen LogP contribution is -1.90. The topological polar surface area (TPSA) is 81.1 Å². The number of aryl methyl sites for hydroxylation is 1. The largest absolute Gasteiger partial charge is 0.354 e. The third kappa shape index (κ3) is 6.07. The number of H-pyrrole nitrogens is 2. The first-order chi connectivity index (χ1) is 26.2. The summed E-state index contributed by atoms with van der Waals surface area (Å²) in [5.74, 6) is 0. The number of nitrogens with one attached hydrogen (secondary N) is 2. The first-order valence-electron chi connectivity index (χ1n) is 18.0. The fourth-order valence-corrected chi connectivity index (χ4v) is 7.54. The third-order valence-corrected chi connectivity index (χ3v) is 9.93. The second-order valence-corrected chi connectivity index (χ2v) is 13.3. The maximum absolute atomic E-state index is 9.52. The molecular weight excluding hydrogens is 647 g/mol. The zero-order valence-electron chi connectivity index (χ0n) is 29.1. The van der Waals surface area contributed by atoms with E-state index >= 15 is 0 Å². The Morgan fingerprint density at radius 1 is 0.453 bits per heavy atom. The number of hydrogen-bond acceptors (Lipinski definition) is 3. The van der Waals surface area contributed by atoms with Gasteiger partial charge in [0.05, 0.1) is 34.4 Å². The molecule has 2 aliphatic rings. The molecule has 0 unspecified atom stereocenters. The van der Waals surface area contributed by atoms with Crippen LogP contribution in [0.4, 0.5) is 0 Å². The highest BCUT2D eigenvalue weighted by atomic mass is 14.8. The normalized spacial score (nSPS) is 11.8. The van der Waals surface area contributed by atoms with Crippen LogP contribution >= 0.6 is 0 Å². The molecule has 4 aromatic carbocycles. The Morgan fingerprint density at radius 3 is 1.28 bits per heavy atom. The van der Waals surface area contributed by atoms with Gasteiger partial charge in [0.25, 0.3) is 0 Å². The Morgan fingerprint density at radius 2 is 0.849 bits per heavy atom. The van der Waals surface area contributed by atoms with E-state index in [1.807, 2.05) is 24.3 Å². The number of fused-ring (bicyclic) bond motifs is 8. The van der Waals surface area contributed by atoms with Gasteiger partial charge in [-0.05, 0) is 83.2 Å². The Hall–Kier alpha value is -7.03. The molecule has 5 heterocycles. The molecule has 0 saturated heterocycles. The Kier molecular flexibility index (Phi) is 8.40. The monoisotopic (exact) mass is 681 g/mol. The van der Waals surface area contributed by atoms with E-state index < -0.39 is 0 Å². The molecule has 0 atom stereocenters. The van der Waals surface area contributed by atoms with Crippen molar-refractivity contribution in [3.63, 3.8) is 0 Å². The van der Waals surface area contributed by atoms with Gasteiger partial charge >= 0.3 is 0 Å². The van der Waals surface area contributed by atoms with Gasteiger partial charge in [0.15, 0.2) is 0 Å². The van der Waals surface area contributed by atoms with Gasteiger partial charge in [0.1, 0.15) is 0 Å². The number of nitrogens with zero attached hydrogens (tertiary/aromatic N) is 3. The second-order valence-electron chi connectivity index (χ2n) is 13.3. The van der Waals surface area contributed by atoms with Gasteiger partial charge in [-0.1, -0.05) is 121 Å². The fraction of sp³-hybridized carbons (Fsp3) is 0.0625. The number of nitriles is 1. The van der Waals surface area contributed by atoms with Crippen LogP contribution in [0.25, 0.3) is 90.9 Å². The standard InChI is InChI=1S/C48H35N5/c49-30-14-13-23-36-31-43-46(34-19-9-3-10-20-34)41-27-26-39(51-41)44(32-15-5-1-6-16-32)37-24-25-38(50-37)45(33-17-7-2-8-18-33)40-28-29-42(52-40)47(48(36)53-43)35-21-11-4-12-22-35/h1-12,15-22,24-29,31,50,53H,13-14,23H2. The highest BCUT2D eigenvalue weighted by molar-refractivity contribution is 6.00. The van der Waals surface area contributed by atoms with Crippen LogP contribution in [-0.2, 0) is 6.42 Å². The van der Waals surface area contributed by atoms with Crippen molar-refractivity contribution in [2.45, 2.75) is 19.3 Å². The molecule has 53 heavy (non-hydrogen) atoms. The maximum Gasteiger partial charge on any atom is 0.0737 e. The van der Waals surface area contributed by atoms with Crippen molar-refractivity contribution in [2.75, 3.05) is 0 Å². The molecular formula is C48H35N5. The first kappa shape index (κ1) is 31.9. The second kappa shape index (κ2) is 13.9. The molecule has 0 aliphatic carbocycles. The predicted octanol–water partition coefficient (Wildman–Crippen LogP) is 12.2. The molecule has 0 spiro atoms. The molecule has 5 nitrogen and oxygen atoms in total. The van der Waals surface area contributed by atoms with Crippen LogP contribution in [0.5, 0.6) is 0 Å². The number of rotatable bonds is 7. The molecule has 8 bridgehead atoms. The number of unbranched alkanes of at least 4 members (excludes halogenated alkanes) is 1. The molecule has 0 amide bonds. The van der Waals surface area contributed by atoms with Gasteiger partial charge in [0.2, 0.25) is 0 Å². The van der Waals surface area contributed by atoms with Crippen molar-refractivity contribution >= 4 is 46.4 Å². The SMILES string of the molecule is N#CCCCc1cc2[nH]c1c(-c1ccccc1)c1nc(c(-c3ccccc3)c3ccc([nH]3)c(-c3ccccc3)c3nc(c2-c2ccccc2)C=C3)C=C1. The van der Waals surface area contributed by atoms with Crippen LogP contribution in [0.1, 0.15) is 41.2 Å². The average molecular weight is 682 g/mol. The van der Waals surface area contributed by atoms with Crippen molar-refractivity contribution < 1.29 is 0 Å². The van der Waals surface area contributed by atoms with E-state index in [0.29, 0.717) is 6.42 Å². The van der Waals surface area contributed by atoms with E-state index in [0.717, 1.165) is 108 Å². The van der Waals surface area contributed by atoms with Gasteiger partial charge in [-0.15, -0.1) is 0 Å². The lowest BCUT2D eigenvalue weighted by Gasteiger charge is -2.07. The minimum atomic E-state index is 0.480. The number of benzene rings is 4. The predicted molar refractivity (Wildman–Crippen MR) is 219 cm³/mol. The van der Waals surface area contributed by atoms with Gasteiger partial charge in [0, 0.05) is 45.2 Å². The lowest BCUT2D eigenvalue weighted by atomic mass is 9.99. The van der Waals surface area contributed by atoms with E-state index in [-0.39, 0.29) is 0 Å². The Labute approximate surface area is 308 Å². The van der Waals surface area contributed by atoms with Crippen LogP contribution in [0.15, 0.2) is 140 Å². The zero-order chi connectivity index (χ0) is 35.6. The number of aromatic amines is 2. The zero-order valence-corrected chi connectivity index (χ0v) is 29.1. The van der Waals surface area contributed by atoms with Crippen molar-refractivity contribution in [3.8, 4) is 50.6 Å². The van der Waals surface area contributed by atoms with Gasteiger partial charge in [-0.3, -0.25) is 0 Å². The maximum atomic E-state index is 9.52. The summed E-state index contributed by atoms with van der Waals surface area (Å²) in [4.78, 5) is 18.6. The van der Waals surface area contributed by atoms with E-state index in [1.54, 1.807) is 0 Å². The number of aromatic nitrogens is 4. The molecule has 9 rings (SSSR count). The van der Waals surface area contributed by atoms with Crippen molar-refractivity contribution in [3.05, 3.63) is 168 Å². The lowest BCUT2D eigenvalue weighted by molar-refractivity contribution is 0.857. The summed E-state index contributed by atoms with van der Waals surface area (Å²) < 4.78 is 0. The summed E-state index contributed by atoms with van der Waals surface area (Å²) >= 11 is 0. The van der Waals surface area contributed by atoms with Crippen LogP contribution in [-0.4, -0.2) is 19.9 Å².